The van der Waals surface area contributed by atoms with Gasteiger partial charge in [0.2, 0.25) is 11.8 Å². The zero-order valence-corrected chi connectivity index (χ0v) is 12.9. The molecule has 5 nitrogen and oxygen atoms in total. The van der Waals surface area contributed by atoms with E-state index in [1.807, 2.05) is 38.1 Å². The summed E-state index contributed by atoms with van der Waals surface area (Å²) >= 11 is 0. The predicted octanol–water partition coefficient (Wildman–Crippen LogP) is 1.69. The third-order valence-corrected chi connectivity index (χ3v) is 2.75. The second-order valence-electron chi connectivity index (χ2n) is 4.99. The van der Waals surface area contributed by atoms with Gasteiger partial charge in [-0.15, -0.1) is 0 Å². The van der Waals surface area contributed by atoms with Crippen LogP contribution in [0.3, 0.4) is 0 Å². The summed E-state index contributed by atoms with van der Waals surface area (Å²) in [5, 5.41) is 2.74. The molecule has 1 aromatic carbocycles. The van der Waals surface area contributed by atoms with E-state index in [-0.39, 0.29) is 24.4 Å². The Morgan fingerprint density at radius 2 is 2.00 bits per heavy atom. The van der Waals surface area contributed by atoms with E-state index in [9.17, 15) is 9.59 Å². The van der Waals surface area contributed by atoms with Crippen LogP contribution >= 0.6 is 0 Å². The Kier molecular flexibility index (Phi) is 6.46. The third-order valence-electron chi connectivity index (χ3n) is 2.75. The van der Waals surface area contributed by atoms with Gasteiger partial charge in [-0.2, -0.15) is 0 Å². The molecule has 0 aliphatic heterocycles. The molecule has 0 atom stereocenters. The Morgan fingerprint density at radius 3 is 2.62 bits per heavy atom. The first kappa shape index (κ1) is 16.8. The van der Waals surface area contributed by atoms with Crippen molar-refractivity contribution in [1.82, 2.24) is 10.2 Å². The number of ether oxygens (including phenoxy) is 1. The molecule has 0 saturated carbocycles. The Hall–Kier alpha value is -2.30. The number of likely N-dealkylation sites (N-methyl/N-ethyl adjacent to an activating group) is 1. The van der Waals surface area contributed by atoms with Crippen molar-refractivity contribution in [3.05, 3.63) is 35.9 Å². The highest BCUT2D eigenvalue weighted by Gasteiger charge is 2.11. The van der Waals surface area contributed by atoms with Gasteiger partial charge in [0.05, 0.1) is 13.7 Å². The van der Waals surface area contributed by atoms with Crippen molar-refractivity contribution in [1.29, 1.82) is 0 Å². The zero-order valence-electron chi connectivity index (χ0n) is 12.9. The summed E-state index contributed by atoms with van der Waals surface area (Å²) in [7, 11) is 3.17. The number of carbonyl (C=O) groups is 2. The molecular weight excluding hydrogens is 268 g/mol. The molecule has 0 aliphatic rings. The van der Waals surface area contributed by atoms with Crippen LogP contribution in [0.4, 0.5) is 0 Å². The van der Waals surface area contributed by atoms with Gasteiger partial charge in [0.25, 0.3) is 0 Å². The molecule has 0 aliphatic carbocycles. The molecule has 0 spiro atoms. The van der Waals surface area contributed by atoms with Gasteiger partial charge < -0.3 is 15.0 Å². The molecule has 0 heterocycles. The van der Waals surface area contributed by atoms with Crippen LogP contribution in [0.2, 0.25) is 0 Å². The molecule has 0 aromatic heterocycles. The van der Waals surface area contributed by atoms with Crippen molar-refractivity contribution >= 4 is 17.9 Å². The summed E-state index contributed by atoms with van der Waals surface area (Å²) in [6.07, 6.45) is 3.11. The molecular formula is C16H22N2O3. The van der Waals surface area contributed by atoms with Crippen LogP contribution in [0, 0.1) is 0 Å². The van der Waals surface area contributed by atoms with Gasteiger partial charge in [-0.1, -0.05) is 18.2 Å². The zero-order chi connectivity index (χ0) is 15.8. The van der Waals surface area contributed by atoms with Gasteiger partial charge in [-0.25, -0.2) is 0 Å². The van der Waals surface area contributed by atoms with E-state index in [2.05, 4.69) is 5.32 Å². The molecule has 0 saturated heterocycles. The highest BCUT2D eigenvalue weighted by atomic mass is 16.5. The van der Waals surface area contributed by atoms with Crippen LogP contribution in [0.1, 0.15) is 19.4 Å². The highest BCUT2D eigenvalue weighted by Crippen LogP contribution is 2.18. The van der Waals surface area contributed by atoms with Crippen LogP contribution in [-0.2, 0) is 9.59 Å². The molecule has 1 rings (SSSR count). The average molecular weight is 290 g/mol. The maximum Gasteiger partial charge on any atom is 0.246 e. The van der Waals surface area contributed by atoms with Gasteiger partial charge in [0.1, 0.15) is 5.75 Å². The number of amides is 2. The molecule has 1 N–H and O–H groups in total. The lowest BCUT2D eigenvalue weighted by molar-refractivity contribution is -0.131. The summed E-state index contributed by atoms with van der Waals surface area (Å²) in [5.41, 5.74) is 0.813. The highest BCUT2D eigenvalue weighted by molar-refractivity contribution is 5.94. The number of methoxy groups -OCH3 is 1. The lowest BCUT2D eigenvalue weighted by Gasteiger charge is -2.16. The van der Waals surface area contributed by atoms with Crippen molar-refractivity contribution in [2.24, 2.45) is 0 Å². The monoisotopic (exact) mass is 290 g/mol. The van der Waals surface area contributed by atoms with E-state index in [1.165, 1.54) is 11.0 Å². The number of nitrogens with zero attached hydrogens (tertiary/aromatic N) is 1. The van der Waals surface area contributed by atoms with E-state index >= 15 is 0 Å². The van der Waals surface area contributed by atoms with Crippen molar-refractivity contribution < 1.29 is 14.3 Å². The first-order valence-electron chi connectivity index (χ1n) is 6.79. The van der Waals surface area contributed by atoms with Gasteiger partial charge >= 0.3 is 0 Å². The number of hydrogen-bond donors (Lipinski definition) is 1. The molecule has 2 amide bonds. The molecule has 21 heavy (non-hydrogen) atoms. The van der Waals surface area contributed by atoms with E-state index in [4.69, 9.17) is 4.74 Å². The van der Waals surface area contributed by atoms with Crippen molar-refractivity contribution in [3.8, 4) is 5.75 Å². The van der Waals surface area contributed by atoms with Gasteiger partial charge in [0, 0.05) is 24.7 Å². The van der Waals surface area contributed by atoms with Crippen LogP contribution < -0.4 is 10.1 Å². The van der Waals surface area contributed by atoms with Crippen molar-refractivity contribution in [3.63, 3.8) is 0 Å². The number of para-hydroxylation sites is 1. The molecule has 1 aromatic rings. The molecule has 0 unspecified atom stereocenters. The summed E-state index contributed by atoms with van der Waals surface area (Å²) < 4.78 is 5.21. The fourth-order valence-corrected chi connectivity index (χ4v) is 1.75. The molecule has 5 heteroatoms. The Balaban J connectivity index is 2.63. The first-order chi connectivity index (χ1) is 9.93. The Labute approximate surface area is 125 Å². The standard InChI is InChI=1S/C16H22N2O3/c1-12(2)17-15(19)11-18(3)16(20)10-9-13-7-5-6-8-14(13)21-4/h5-10,12H,11H2,1-4H3,(H,17,19)/b10-9+. The molecule has 0 bridgehead atoms. The number of carbonyl (C=O) groups excluding carboxylic acids is 2. The Bertz CT molecular complexity index is 524. The SMILES string of the molecule is COc1ccccc1/C=C/C(=O)N(C)CC(=O)NC(C)C. The minimum Gasteiger partial charge on any atom is -0.496 e. The van der Waals surface area contributed by atoms with E-state index in [1.54, 1.807) is 20.2 Å². The summed E-state index contributed by atoms with van der Waals surface area (Å²) in [6.45, 7) is 3.79. The van der Waals surface area contributed by atoms with Gasteiger partial charge in [-0.05, 0) is 26.0 Å². The average Bonchev–Trinajstić information content (AvgIpc) is 2.43. The molecule has 0 radical (unpaired) electrons. The Morgan fingerprint density at radius 1 is 1.33 bits per heavy atom. The second-order valence-corrected chi connectivity index (χ2v) is 4.99. The molecule has 114 valence electrons. The van der Waals surface area contributed by atoms with Gasteiger partial charge in [0.15, 0.2) is 0 Å². The predicted molar refractivity (Wildman–Crippen MR) is 82.9 cm³/mol. The normalized spacial score (nSPS) is 10.7. The van der Waals surface area contributed by atoms with E-state index < -0.39 is 0 Å². The van der Waals surface area contributed by atoms with Crippen LogP contribution in [0.5, 0.6) is 5.75 Å². The quantitative estimate of drug-likeness (QED) is 0.811. The maximum atomic E-state index is 12.0. The second kappa shape index (κ2) is 8.09. The number of hydrogen-bond acceptors (Lipinski definition) is 3. The first-order valence-corrected chi connectivity index (χ1v) is 6.79. The van der Waals surface area contributed by atoms with E-state index in [0.29, 0.717) is 5.75 Å². The number of benzene rings is 1. The largest absolute Gasteiger partial charge is 0.496 e. The maximum absolute atomic E-state index is 12.0. The fourth-order valence-electron chi connectivity index (χ4n) is 1.75. The summed E-state index contributed by atoms with van der Waals surface area (Å²) in [5.74, 6) is 0.285. The lowest BCUT2D eigenvalue weighted by Crippen LogP contribution is -2.40. The minimum atomic E-state index is -0.236. The lowest BCUT2D eigenvalue weighted by atomic mass is 10.2. The molecule has 0 fully saturated rings. The third kappa shape index (κ3) is 5.69. The topological polar surface area (TPSA) is 58.6 Å². The van der Waals surface area contributed by atoms with Crippen LogP contribution in [0.15, 0.2) is 30.3 Å². The number of nitrogens with one attached hydrogen (secondary N) is 1. The van der Waals surface area contributed by atoms with Gasteiger partial charge in [-0.3, -0.25) is 9.59 Å². The summed E-state index contributed by atoms with van der Waals surface area (Å²) in [4.78, 5) is 24.9. The van der Waals surface area contributed by atoms with Crippen molar-refractivity contribution in [2.75, 3.05) is 20.7 Å². The minimum absolute atomic E-state index is 0.0350. The van der Waals surface area contributed by atoms with Crippen molar-refractivity contribution in [2.45, 2.75) is 19.9 Å². The number of rotatable bonds is 6. The summed E-state index contributed by atoms with van der Waals surface area (Å²) in [6, 6.07) is 7.47. The van der Waals surface area contributed by atoms with Crippen LogP contribution in [0.25, 0.3) is 6.08 Å². The van der Waals surface area contributed by atoms with E-state index in [0.717, 1.165) is 5.56 Å². The smallest absolute Gasteiger partial charge is 0.246 e. The fraction of sp³-hybridized carbons (Fsp3) is 0.375. The van der Waals surface area contributed by atoms with Crippen LogP contribution in [-0.4, -0.2) is 43.5 Å².